The topological polar surface area (TPSA) is 53.1 Å². The summed E-state index contributed by atoms with van der Waals surface area (Å²) in [6.07, 6.45) is 2.30. The molecule has 3 rings (SSSR count). The molecule has 1 aromatic carbocycles. The van der Waals surface area contributed by atoms with Crippen LogP contribution in [0.5, 0.6) is 0 Å². The molecule has 2 saturated heterocycles. The van der Waals surface area contributed by atoms with Gasteiger partial charge in [0.05, 0.1) is 24.0 Å². The lowest BCUT2D eigenvalue weighted by Gasteiger charge is -2.35. The number of rotatable bonds is 7. The predicted molar refractivity (Wildman–Crippen MR) is 112 cm³/mol. The number of carbonyl (C=O) groups is 2. The van der Waals surface area contributed by atoms with Crippen LogP contribution in [0.1, 0.15) is 12.0 Å². The molecule has 1 aromatic rings. The van der Waals surface area contributed by atoms with E-state index in [-0.39, 0.29) is 5.91 Å². The summed E-state index contributed by atoms with van der Waals surface area (Å²) in [7, 11) is 1.34. The molecule has 152 valence electrons. The molecule has 2 fully saturated rings. The highest BCUT2D eigenvalue weighted by atomic mass is 35.5. The standard InChI is InChI=1S/C20H26ClN3O3S/c1-27-20(26)13-19-24(18(25)15-28-19)8-2-7-22-9-11-23(12-10-22)14-16-3-5-17(21)6-4-16/h3-6,13H,2,7-12,14-15H2,1H3/b19-13+. The van der Waals surface area contributed by atoms with E-state index in [0.29, 0.717) is 17.3 Å². The largest absolute Gasteiger partial charge is 0.466 e. The van der Waals surface area contributed by atoms with E-state index in [2.05, 4.69) is 26.7 Å². The van der Waals surface area contributed by atoms with Crippen molar-refractivity contribution in [1.82, 2.24) is 14.7 Å². The fourth-order valence-electron chi connectivity index (χ4n) is 3.40. The van der Waals surface area contributed by atoms with E-state index >= 15 is 0 Å². The van der Waals surface area contributed by atoms with Crippen LogP contribution in [-0.2, 0) is 20.9 Å². The Morgan fingerprint density at radius 2 is 1.82 bits per heavy atom. The number of piperazine rings is 1. The van der Waals surface area contributed by atoms with E-state index in [0.717, 1.165) is 50.7 Å². The lowest BCUT2D eigenvalue weighted by atomic mass is 10.2. The second-order valence-corrected chi connectivity index (χ2v) is 8.37. The number of carbonyl (C=O) groups excluding carboxylic acids is 2. The Morgan fingerprint density at radius 3 is 2.50 bits per heavy atom. The van der Waals surface area contributed by atoms with Crippen LogP contribution < -0.4 is 0 Å². The number of esters is 1. The second kappa shape index (κ2) is 10.3. The van der Waals surface area contributed by atoms with Crippen molar-refractivity contribution in [1.29, 1.82) is 0 Å². The van der Waals surface area contributed by atoms with Gasteiger partial charge >= 0.3 is 5.97 Å². The molecule has 0 N–H and O–H groups in total. The number of hydrogen-bond donors (Lipinski definition) is 0. The molecule has 0 bridgehead atoms. The molecule has 0 unspecified atom stereocenters. The first-order chi connectivity index (χ1) is 13.5. The Bertz CT molecular complexity index is 718. The minimum atomic E-state index is -0.418. The van der Waals surface area contributed by atoms with Crippen molar-refractivity contribution < 1.29 is 14.3 Å². The van der Waals surface area contributed by atoms with Gasteiger partial charge in [-0.3, -0.25) is 9.69 Å². The molecule has 1 amide bonds. The highest BCUT2D eigenvalue weighted by molar-refractivity contribution is 8.04. The highest BCUT2D eigenvalue weighted by Gasteiger charge is 2.27. The Balaban J connectivity index is 1.39. The SMILES string of the molecule is COC(=O)/C=C1/SCC(=O)N1CCCN1CCN(Cc2ccc(Cl)cc2)CC1. The summed E-state index contributed by atoms with van der Waals surface area (Å²) in [6, 6.07) is 8.04. The van der Waals surface area contributed by atoms with Gasteiger partial charge in [0.2, 0.25) is 5.91 Å². The summed E-state index contributed by atoms with van der Waals surface area (Å²) in [5, 5.41) is 1.47. The van der Waals surface area contributed by atoms with Gasteiger partial charge in [0, 0.05) is 44.3 Å². The lowest BCUT2D eigenvalue weighted by Crippen LogP contribution is -2.46. The van der Waals surface area contributed by atoms with Crippen LogP contribution in [0.15, 0.2) is 35.4 Å². The van der Waals surface area contributed by atoms with Gasteiger partial charge in [0.25, 0.3) is 0 Å². The number of benzene rings is 1. The number of methoxy groups -OCH3 is 1. The maximum atomic E-state index is 12.1. The number of amides is 1. The van der Waals surface area contributed by atoms with Gasteiger partial charge in [-0.25, -0.2) is 4.79 Å². The Labute approximate surface area is 175 Å². The molecule has 8 heteroatoms. The molecule has 0 aromatic heterocycles. The maximum absolute atomic E-state index is 12.1. The molecule has 28 heavy (non-hydrogen) atoms. The van der Waals surface area contributed by atoms with Crippen molar-refractivity contribution >= 4 is 35.2 Å². The Hall–Kier alpha value is -1.54. The van der Waals surface area contributed by atoms with Gasteiger partial charge in [-0.2, -0.15) is 0 Å². The maximum Gasteiger partial charge on any atom is 0.333 e. The first kappa shape index (κ1) is 21.2. The third-order valence-corrected chi connectivity index (χ3v) is 6.27. The monoisotopic (exact) mass is 423 g/mol. The van der Waals surface area contributed by atoms with E-state index in [1.807, 2.05) is 12.1 Å². The van der Waals surface area contributed by atoms with Crippen LogP contribution in [0, 0.1) is 0 Å². The van der Waals surface area contributed by atoms with E-state index in [9.17, 15) is 9.59 Å². The molecule has 2 heterocycles. The zero-order chi connectivity index (χ0) is 19.9. The van der Waals surface area contributed by atoms with E-state index in [4.69, 9.17) is 11.6 Å². The van der Waals surface area contributed by atoms with Crippen LogP contribution in [-0.4, -0.2) is 78.7 Å². The molecule has 0 saturated carbocycles. The predicted octanol–water partition coefficient (Wildman–Crippen LogP) is 2.44. The van der Waals surface area contributed by atoms with Crippen molar-refractivity contribution in [3.63, 3.8) is 0 Å². The van der Waals surface area contributed by atoms with Crippen LogP contribution in [0.3, 0.4) is 0 Å². The van der Waals surface area contributed by atoms with Crippen molar-refractivity contribution in [2.24, 2.45) is 0 Å². The van der Waals surface area contributed by atoms with Crippen molar-refractivity contribution in [2.75, 3.05) is 52.1 Å². The average molecular weight is 424 g/mol. The molecule has 0 radical (unpaired) electrons. The first-order valence-corrected chi connectivity index (χ1v) is 10.8. The minimum absolute atomic E-state index is 0.0629. The second-order valence-electron chi connectivity index (χ2n) is 6.94. The van der Waals surface area contributed by atoms with Crippen LogP contribution >= 0.6 is 23.4 Å². The fourth-order valence-corrected chi connectivity index (χ4v) is 4.48. The van der Waals surface area contributed by atoms with Gasteiger partial charge in [-0.1, -0.05) is 35.5 Å². The Kier molecular flexibility index (Phi) is 7.79. The molecule has 2 aliphatic heterocycles. The third-order valence-electron chi connectivity index (χ3n) is 4.99. The van der Waals surface area contributed by atoms with Crippen LogP contribution in [0.2, 0.25) is 5.02 Å². The normalized spacial score (nSPS) is 20.1. The van der Waals surface area contributed by atoms with Crippen molar-refractivity contribution in [2.45, 2.75) is 13.0 Å². The molecular weight excluding hydrogens is 398 g/mol. The molecule has 2 aliphatic rings. The summed E-state index contributed by atoms with van der Waals surface area (Å²) >= 11 is 7.35. The van der Waals surface area contributed by atoms with E-state index in [1.54, 1.807) is 4.90 Å². The molecule has 0 aliphatic carbocycles. The van der Waals surface area contributed by atoms with Gasteiger partial charge in [-0.15, -0.1) is 0 Å². The molecule has 0 spiro atoms. The Morgan fingerprint density at radius 1 is 1.14 bits per heavy atom. The van der Waals surface area contributed by atoms with Gasteiger partial charge < -0.3 is 14.5 Å². The molecule has 6 nitrogen and oxygen atoms in total. The smallest absolute Gasteiger partial charge is 0.333 e. The number of nitrogens with zero attached hydrogens (tertiary/aromatic N) is 3. The number of ether oxygens (including phenoxy) is 1. The zero-order valence-corrected chi connectivity index (χ0v) is 17.7. The summed E-state index contributed by atoms with van der Waals surface area (Å²) in [4.78, 5) is 30.1. The van der Waals surface area contributed by atoms with Gasteiger partial charge in [-0.05, 0) is 30.7 Å². The number of thioether (sulfide) groups is 1. The van der Waals surface area contributed by atoms with Crippen LogP contribution in [0.25, 0.3) is 0 Å². The zero-order valence-electron chi connectivity index (χ0n) is 16.1. The third kappa shape index (κ3) is 5.98. The van der Waals surface area contributed by atoms with Crippen molar-refractivity contribution in [3.05, 3.63) is 46.0 Å². The van der Waals surface area contributed by atoms with Crippen LogP contribution in [0.4, 0.5) is 0 Å². The van der Waals surface area contributed by atoms with Gasteiger partial charge in [0.15, 0.2) is 0 Å². The first-order valence-electron chi connectivity index (χ1n) is 9.47. The van der Waals surface area contributed by atoms with E-state index in [1.165, 1.54) is 30.5 Å². The number of hydrogen-bond acceptors (Lipinski definition) is 6. The van der Waals surface area contributed by atoms with E-state index < -0.39 is 5.97 Å². The fraction of sp³-hybridized carbons (Fsp3) is 0.500. The lowest BCUT2D eigenvalue weighted by molar-refractivity contribution is -0.134. The summed E-state index contributed by atoms with van der Waals surface area (Å²) in [6.45, 7) is 6.67. The minimum Gasteiger partial charge on any atom is -0.466 e. The summed E-state index contributed by atoms with van der Waals surface area (Å²) in [5.74, 6) is 0.0404. The average Bonchev–Trinajstić information content (AvgIpc) is 3.04. The quantitative estimate of drug-likeness (QED) is 0.496. The van der Waals surface area contributed by atoms with Gasteiger partial charge in [0.1, 0.15) is 0 Å². The highest BCUT2D eigenvalue weighted by Crippen LogP contribution is 2.28. The van der Waals surface area contributed by atoms with Crippen molar-refractivity contribution in [3.8, 4) is 0 Å². The summed E-state index contributed by atoms with van der Waals surface area (Å²) < 4.78 is 4.67. The summed E-state index contributed by atoms with van der Waals surface area (Å²) in [5.41, 5.74) is 1.29. The molecular formula is C20H26ClN3O3S. The number of halogens is 1. The molecule has 0 atom stereocenters.